The number of hydrogen-bond acceptors (Lipinski definition) is 5. The third-order valence-corrected chi connectivity index (χ3v) is 3.07. The predicted molar refractivity (Wildman–Crippen MR) is 106 cm³/mol. The maximum atomic E-state index is 10.7. The summed E-state index contributed by atoms with van der Waals surface area (Å²) in [6.07, 6.45) is 2.74. The summed E-state index contributed by atoms with van der Waals surface area (Å²) in [5.74, 6) is 0.951. The maximum Gasteiger partial charge on any atom is 0.155 e. The van der Waals surface area contributed by atoms with Gasteiger partial charge in [-0.1, -0.05) is 13.8 Å². The Bertz CT molecular complexity index is 426. The molecule has 5 heteroatoms. The van der Waals surface area contributed by atoms with E-state index in [2.05, 4.69) is 12.2 Å². The van der Waals surface area contributed by atoms with Crippen LogP contribution in [0.5, 0.6) is 5.75 Å². The van der Waals surface area contributed by atoms with Gasteiger partial charge in [-0.3, -0.25) is 4.79 Å². The van der Waals surface area contributed by atoms with Crippen molar-refractivity contribution in [3.63, 3.8) is 0 Å². The molecule has 0 aliphatic carbocycles. The first kappa shape index (κ1) is 23.4. The first-order chi connectivity index (χ1) is 12.2. The van der Waals surface area contributed by atoms with E-state index < -0.39 is 0 Å². The zero-order chi connectivity index (χ0) is 18.8. The molecule has 0 aliphatic rings. The molecule has 5 nitrogen and oxygen atoms in total. The molecule has 0 atom stereocenters. The summed E-state index contributed by atoms with van der Waals surface area (Å²) in [7, 11) is 0. The topological polar surface area (TPSA) is 56.8 Å². The standard InChI is InChI=1S/C18H29NO4.C2H6.H2/c1-3-19-17-7-9-18(10-8-17)23-14-6-13-21-11-4-5-12-22-15-16(2)20;1-2;/h7-10,19H,3-6,11-15H2,1-2H3;1-2H3;1H. The average molecular weight is 356 g/mol. The van der Waals surface area contributed by atoms with Gasteiger partial charge in [0, 0.05) is 39.9 Å². The van der Waals surface area contributed by atoms with Crippen LogP contribution in [0.2, 0.25) is 0 Å². The molecule has 1 aromatic carbocycles. The number of carbonyl (C=O) groups is 1. The van der Waals surface area contributed by atoms with Crippen molar-refractivity contribution in [2.24, 2.45) is 0 Å². The van der Waals surface area contributed by atoms with E-state index in [9.17, 15) is 4.79 Å². The van der Waals surface area contributed by atoms with Crippen LogP contribution in [0.1, 0.15) is 48.4 Å². The van der Waals surface area contributed by atoms with Crippen LogP contribution in [0.15, 0.2) is 24.3 Å². The fourth-order valence-electron chi connectivity index (χ4n) is 1.95. The zero-order valence-electron chi connectivity index (χ0n) is 16.3. The largest absolute Gasteiger partial charge is 0.494 e. The average Bonchev–Trinajstić information content (AvgIpc) is 2.63. The molecule has 0 radical (unpaired) electrons. The maximum absolute atomic E-state index is 10.7. The molecule has 0 spiro atoms. The lowest BCUT2D eigenvalue weighted by Gasteiger charge is -2.08. The second-order valence-electron chi connectivity index (χ2n) is 5.33. The van der Waals surface area contributed by atoms with Crippen LogP contribution in [-0.4, -0.2) is 45.4 Å². The molecule has 0 saturated heterocycles. The molecule has 1 aromatic rings. The Kier molecular flexibility index (Phi) is 16.1. The molecule has 0 fully saturated rings. The van der Waals surface area contributed by atoms with Crippen LogP contribution in [0, 0.1) is 0 Å². The normalized spacial score (nSPS) is 9.92. The Hall–Kier alpha value is -1.59. The summed E-state index contributed by atoms with van der Waals surface area (Å²) in [6.45, 7) is 11.4. The molecular formula is C20H37NO4. The van der Waals surface area contributed by atoms with Crippen molar-refractivity contribution in [3.8, 4) is 5.75 Å². The molecule has 0 amide bonds. The smallest absolute Gasteiger partial charge is 0.155 e. The molecular weight excluding hydrogens is 318 g/mol. The van der Waals surface area contributed by atoms with Gasteiger partial charge in [0.1, 0.15) is 12.4 Å². The summed E-state index contributed by atoms with van der Waals surface area (Å²) >= 11 is 0. The van der Waals surface area contributed by atoms with E-state index in [1.807, 2.05) is 38.1 Å². The van der Waals surface area contributed by atoms with Crippen molar-refractivity contribution in [1.29, 1.82) is 0 Å². The van der Waals surface area contributed by atoms with Crippen LogP contribution < -0.4 is 10.1 Å². The summed E-state index contributed by atoms with van der Waals surface area (Å²) < 4.78 is 16.4. The van der Waals surface area contributed by atoms with E-state index in [4.69, 9.17) is 14.2 Å². The number of benzene rings is 1. The third kappa shape index (κ3) is 14.5. The zero-order valence-corrected chi connectivity index (χ0v) is 16.3. The predicted octanol–water partition coefficient (Wildman–Crippen LogP) is 4.56. The number of hydrogen-bond donors (Lipinski definition) is 1. The molecule has 0 saturated carbocycles. The molecule has 0 aliphatic heterocycles. The van der Waals surface area contributed by atoms with Crippen molar-refractivity contribution in [1.82, 2.24) is 0 Å². The fourth-order valence-corrected chi connectivity index (χ4v) is 1.95. The lowest BCUT2D eigenvalue weighted by molar-refractivity contribution is -0.121. The second kappa shape index (κ2) is 17.2. The van der Waals surface area contributed by atoms with Gasteiger partial charge in [0.15, 0.2) is 5.78 Å². The van der Waals surface area contributed by atoms with Gasteiger partial charge in [-0.2, -0.15) is 0 Å². The number of ketones is 1. The highest BCUT2D eigenvalue weighted by Gasteiger charge is 1.96. The van der Waals surface area contributed by atoms with Crippen molar-refractivity contribution in [2.75, 3.05) is 44.9 Å². The van der Waals surface area contributed by atoms with Gasteiger partial charge in [-0.05, 0) is 51.0 Å². The van der Waals surface area contributed by atoms with E-state index >= 15 is 0 Å². The summed E-state index contributed by atoms with van der Waals surface area (Å²) in [4.78, 5) is 10.7. The number of ether oxygens (including phenoxy) is 3. The summed E-state index contributed by atoms with van der Waals surface area (Å²) in [5.41, 5.74) is 1.11. The van der Waals surface area contributed by atoms with Gasteiger partial charge in [0.2, 0.25) is 0 Å². The Morgan fingerprint density at radius 3 is 2.16 bits per heavy atom. The molecule has 0 heterocycles. The van der Waals surface area contributed by atoms with Crippen molar-refractivity contribution in [2.45, 2.75) is 47.0 Å². The third-order valence-electron chi connectivity index (χ3n) is 3.07. The number of unbranched alkanes of at least 4 members (excludes halogenated alkanes) is 1. The molecule has 146 valence electrons. The quantitative estimate of drug-likeness (QED) is 0.496. The van der Waals surface area contributed by atoms with Gasteiger partial charge in [0.05, 0.1) is 6.61 Å². The van der Waals surface area contributed by atoms with E-state index in [0.717, 1.165) is 43.9 Å². The molecule has 1 rings (SSSR count). The Morgan fingerprint density at radius 1 is 0.960 bits per heavy atom. The minimum Gasteiger partial charge on any atom is -0.494 e. The van der Waals surface area contributed by atoms with Crippen LogP contribution in [0.25, 0.3) is 0 Å². The molecule has 1 N–H and O–H groups in total. The van der Waals surface area contributed by atoms with Gasteiger partial charge < -0.3 is 19.5 Å². The molecule has 0 aromatic heterocycles. The van der Waals surface area contributed by atoms with Crippen LogP contribution >= 0.6 is 0 Å². The van der Waals surface area contributed by atoms with Gasteiger partial charge in [-0.15, -0.1) is 0 Å². The van der Waals surface area contributed by atoms with E-state index in [0.29, 0.717) is 19.8 Å². The van der Waals surface area contributed by atoms with Gasteiger partial charge in [0.25, 0.3) is 0 Å². The lowest BCUT2D eigenvalue weighted by Crippen LogP contribution is -2.07. The van der Waals surface area contributed by atoms with Crippen molar-refractivity contribution < 1.29 is 20.4 Å². The SMILES string of the molecule is CC.CCNc1ccc(OCCCOCCCCOCC(C)=O)cc1.[HH]. The van der Waals surface area contributed by atoms with E-state index in [-0.39, 0.29) is 13.8 Å². The van der Waals surface area contributed by atoms with E-state index in [1.165, 1.54) is 6.92 Å². The monoisotopic (exact) mass is 355 g/mol. The second-order valence-corrected chi connectivity index (χ2v) is 5.33. The molecule has 0 bridgehead atoms. The van der Waals surface area contributed by atoms with Crippen LogP contribution in [0.4, 0.5) is 5.69 Å². The van der Waals surface area contributed by atoms with Crippen molar-refractivity contribution >= 4 is 11.5 Å². The highest BCUT2D eigenvalue weighted by molar-refractivity contribution is 5.76. The van der Waals surface area contributed by atoms with E-state index in [1.54, 1.807) is 0 Å². The number of nitrogens with one attached hydrogen (secondary N) is 1. The van der Waals surface area contributed by atoms with Crippen molar-refractivity contribution in [3.05, 3.63) is 24.3 Å². The summed E-state index contributed by atoms with van der Waals surface area (Å²) in [6, 6.07) is 7.98. The number of anilines is 1. The Labute approximate surface area is 154 Å². The van der Waals surface area contributed by atoms with Crippen LogP contribution in [0.3, 0.4) is 0 Å². The minimum atomic E-state index is 0. The van der Waals surface area contributed by atoms with Gasteiger partial charge >= 0.3 is 0 Å². The first-order valence-electron chi connectivity index (χ1n) is 9.34. The Balaban J connectivity index is 0. The number of carbonyl (C=O) groups excluding carboxylic acids is 1. The highest BCUT2D eigenvalue weighted by atomic mass is 16.5. The van der Waals surface area contributed by atoms with Crippen LogP contribution in [-0.2, 0) is 14.3 Å². The minimum absolute atomic E-state index is 0. The van der Waals surface area contributed by atoms with Gasteiger partial charge in [-0.25, -0.2) is 0 Å². The highest BCUT2D eigenvalue weighted by Crippen LogP contribution is 2.15. The lowest BCUT2D eigenvalue weighted by atomic mass is 10.3. The molecule has 25 heavy (non-hydrogen) atoms. The fraction of sp³-hybridized carbons (Fsp3) is 0.650. The summed E-state index contributed by atoms with van der Waals surface area (Å²) in [5, 5.41) is 3.25. The first-order valence-corrected chi connectivity index (χ1v) is 9.34. The molecule has 0 unspecified atom stereocenters. The number of Topliss-reactive ketones (excluding diaryl/α,β-unsaturated/α-hetero) is 1. The Morgan fingerprint density at radius 2 is 1.56 bits per heavy atom. The number of rotatable bonds is 14.